The molecule has 1 aromatic heterocycles. The van der Waals surface area contributed by atoms with E-state index in [0.717, 1.165) is 24.1 Å². The Balaban J connectivity index is 2.42. The Labute approximate surface area is 154 Å². The third kappa shape index (κ3) is 4.72. The number of carbonyl (C=O) groups excluding carboxylic acids is 1. The third-order valence-electron chi connectivity index (χ3n) is 4.17. The van der Waals surface area contributed by atoms with E-state index in [4.69, 9.17) is 9.57 Å². The van der Waals surface area contributed by atoms with Crippen LogP contribution in [-0.4, -0.2) is 28.6 Å². The van der Waals surface area contributed by atoms with E-state index in [1.54, 1.807) is 32.5 Å². The highest BCUT2D eigenvalue weighted by molar-refractivity contribution is 5.96. The highest BCUT2D eigenvalue weighted by Crippen LogP contribution is 2.29. The van der Waals surface area contributed by atoms with Gasteiger partial charge in [0.15, 0.2) is 5.76 Å². The molecule has 1 aliphatic rings. The molecule has 0 N–H and O–H groups in total. The number of aromatic nitrogens is 2. The van der Waals surface area contributed by atoms with Gasteiger partial charge < -0.3 is 9.57 Å². The second-order valence-electron chi connectivity index (χ2n) is 7.65. The molecule has 0 amide bonds. The van der Waals surface area contributed by atoms with E-state index in [1.165, 1.54) is 6.21 Å². The van der Waals surface area contributed by atoms with Crippen molar-refractivity contribution in [2.75, 3.05) is 6.61 Å². The van der Waals surface area contributed by atoms with Gasteiger partial charge in [0.05, 0.1) is 17.3 Å². The predicted molar refractivity (Wildman–Crippen MR) is 97.9 cm³/mol. The Hall–Kier alpha value is -2.62. The first kappa shape index (κ1) is 19.7. The summed E-state index contributed by atoms with van der Waals surface area (Å²) in [6, 6.07) is 2.06. The van der Waals surface area contributed by atoms with E-state index >= 15 is 0 Å². The monoisotopic (exact) mass is 358 g/mol. The zero-order valence-corrected chi connectivity index (χ0v) is 16.3. The van der Waals surface area contributed by atoms with Crippen LogP contribution in [0.15, 0.2) is 10.7 Å². The summed E-state index contributed by atoms with van der Waals surface area (Å²) in [5, 5.41) is 17.8. The normalized spacial score (nSPS) is 15.6. The summed E-state index contributed by atoms with van der Waals surface area (Å²) in [6.45, 7) is 9.54. The molecule has 0 aromatic carbocycles. The van der Waals surface area contributed by atoms with Crippen LogP contribution in [-0.2, 0) is 21.4 Å². The van der Waals surface area contributed by atoms with Crippen LogP contribution >= 0.6 is 0 Å². The standard InChI is InChI=1S/C19H26N4O3/c1-12-13(2)22-23(6)16(12)17(26-18(24)19(3,4)5)15(9-20)10-21-25-11-14-7-8-14/h10,14H,7-8,11H2,1-6H3. The van der Waals surface area contributed by atoms with Crippen LogP contribution in [0.4, 0.5) is 0 Å². The smallest absolute Gasteiger partial charge is 0.316 e. The number of aryl methyl sites for hydroxylation is 2. The number of esters is 1. The van der Waals surface area contributed by atoms with Crippen LogP contribution in [0.2, 0.25) is 0 Å². The van der Waals surface area contributed by atoms with Crippen LogP contribution in [0, 0.1) is 36.5 Å². The lowest BCUT2D eigenvalue weighted by molar-refractivity contribution is -0.145. The molecule has 1 aliphatic carbocycles. The minimum atomic E-state index is -0.715. The van der Waals surface area contributed by atoms with E-state index in [1.807, 2.05) is 13.8 Å². The lowest BCUT2D eigenvalue weighted by Crippen LogP contribution is -2.23. The van der Waals surface area contributed by atoms with E-state index in [2.05, 4.69) is 16.3 Å². The fourth-order valence-electron chi connectivity index (χ4n) is 2.22. The number of oxime groups is 1. The summed E-state index contributed by atoms with van der Waals surface area (Å²) in [7, 11) is 1.75. The molecule has 0 spiro atoms. The van der Waals surface area contributed by atoms with Gasteiger partial charge in [-0.3, -0.25) is 9.48 Å². The summed E-state index contributed by atoms with van der Waals surface area (Å²) in [6.07, 6.45) is 3.60. The molecule has 0 aliphatic heterocycles. The van der Waals surface area contributed by atoms with Gasteiger partial charge in [0.25, 0.3) is 0 Å². The maximum absolute atomic E-state index is 12.5. The van der Waals surface area contributed by atoms with Crippen LogP contribution in [0.25, 0.3) is 5.76 Å². The molecule has 7 nitrogen and oxygen atoms in total. The number of allylic oxidation sites excluding steroid dienone is 1. The topological polar surface area (TPSA) is 89.5 Å². The van der Waals surface area contributed by atoms with Gasteiger partial charge >= 0.3 is 5.97 Å². The Kier molecular flexibility index (Phi) is 5.86. The van der Waals surface area contributed by atoms with Gasteiger partial charge in [0.2, 0.25) is 0 Å². The van der Waals surface area contributed by atoms with Crippen molar-refractivity contribution in [1.82, 2.24) is 9.78 Å². The summed E-state index contributed by atoms with van der Waals surface area (Å²) >= 11 is 0. The molecule has 2 rings (SSSR count). The first-order chi connectivity index (χ1) is 12.1. The molecule has 0 bridgehead atoms. The molecule has 0 atom stereocenters. The zero-order chi connectivity index (χ0) is 19.5. The average Bonchev–Trinajstić information content (AvgIpc) is 3.33. The van der Waals surface area contributed by atoms with E-state index < -0.39 is 11.4 Å². The van der Waals surface area contributed by atoms with Gasteiger partial charge in [-0.25, -0.2) is 0 Å². The molecule has 140 valence electrons. The summed E-state index contributed by atoms with van der Waals surface area (Å²) in [5.74, 6) is 0.263. The predicted octanol–water partition coefficient (Wildman–Crippen LogP) is 3.27. The Morgan fingerprint density at radius 1 is 1.42 bits per heavy atom. The number of rotatable bonds is 6. The van der Waals surface area contributed by atoms with Crippen molar-refractivity contribution in [1.29, 1.82) is 5.26 Å². The number of hydrogen-bond acceptors (Lipinski definition) is 6. The third-order valence-corrected chi connectivity index (χ3v) is 4.17. The Bertz CT molecular complexity index is 787. The number of nitriles is 1. The molecule has 1 saturated carbocycles. The van der Waals surface area contributed by atoms with E-state index in [9.17, 15) is 10.1 Å². The Morgan fingerprint density at radius 2 is 2.08 bits per heavy atom. The second-order valence-corrected chi connectivity index (χ2v) is 7.65. The first-order valence-corrected chi connectivity index (χ1v) is 8.67. The maximum atomic E-state index is 12.5. The quantitative estimate of drug-likeness (QED) is 0.256. The van der Waals surface area contributed by atoms with Crippen molar-refractivity contribution in [3.8, 4) is 6.07 Å². The number of nitrogens with zero attached hydrogens (tertiary/aromatic N) is 4. The molecule has 0 radical (unpaired) electrons. The SMILES string of the molecule is Cc1nn(C)c(C(OC(=O)C(C)(C)C)=C(C#N)C=NOCC2CC2)c1C. The van der Waals surface area contributed by atoms with Crippen LogP contribution in [0.5, 0.6) is 0 Å². The van der Waals surface area contributed by atoms with E-state index in [0.29, 0.717) is 18.2 Å². The molecule has 0 saturated heterocycles. The zero-order valence-electron chi connectivity index (χ0n) is 16.3. The Morgan fingerprint density at radius 3 is 2.54 bits per heavy atom. The summed E-state index contributed by atoms with van der Waals surface area (Å²) in [4.78, 5) is 17.7. The minimum absolute atomic E-state index is 0.115. The van der Waals surface area contributed by atoms with Crippen molar-refractivity contribution in [3.63, 3.8) is 0 Å². The summed E-state index contributed by atoms with van der Waals surface area (Å²) < 4.78 is 7.23. The molecule has 1 heterocycles. The molecule has 1 aromatic rings. The van der Waals surface area contributed by atoms with Crippen molar-refractivity contribution >= 4 is 17.9 Å². The second kappa shape index (κ2) is 7.73. The number of carbonyl (C=O) groups is 1. The largest absolute Gasteiger partial charge is 0.422 e. The summed E-state index contributed by atoms with van der Waals surface area (Å²) in [5.41, 5.74) is 1.61. The first-order valence-electron chi connectivity index (χ1n) is 8.67. The number of hydrogen-bond donors (Lipinski definition) is 0. The van der Waals surface area contributed by atoms with Gasteiger partial charge in [-0.05, 0) is 53.4 Å². The van der Waals surface area contributed by atoms with Crippen LogP contribution in [0.3, 0.4) is 0 Å². The number of ether oxygens (including phenoxy) is 1. The minimum Gasteiger partial charge on any atom is -0.422 e. The van der Waals surface area contributed by atoms with Gasteiger partial charge in [-0.2, -0.15) is 10.4 Å². The fourth-order valence-corrected chi connectivity index (χ4v) is 2.22. The van der Waals surface area contributed by atoms with Gasteiger partial charge in [0, 0.05) is 12.6 Å². The van der Waals surface area contributed by atoms with Crippen molar-refractivity contribution in [2.45, 2.75) is 47.5 Å². The fraction of sp³-hybridized carbons (Fsp3) is 0.579. The van der Waals surface area contributed by atoms with Gasteiger partial charge in [-0.1, -0.05) is 5.16 Å². The molecular formula is C19H26N4O3. The molecule has 1 fully saturated rings. The van der Waals surface area contributed by atoms with E-state index in [-0.39, 0.29) is 11.3 Å². The maximum Gasteiger partial charge on any atom is 0.316 e. The van der Waals surface area contributed by atoms with Crippen molar-refractivity contribution < 1.29 is 14.4 Å². The molecular weight excluding hydrogens is 332 g/mol. The van der Waals surface area contributed by atoms with Crippen LogP contribution < -0.4 is 0 Å². The molecule has 7 heteroatoms. The van der Waals surface area contributed by atoms with Crippen molar-refractivity contribution in [3.05, 3.63) is 22.5 Å². The highest BCUT2D eigenvalue weighted by atomic mass is 16.6. The van der Waals surface area contributed by atoms with Gasteiger partial charge in [-0.15, -0.1) is 0 Å². The highest BCUT2D eigenvalue weighted by Gasteiger charge is 2.29. The lowest BCUT2D eigenvalue weighted by atomic mass is 9.97. The molecule has 26 heavy (non-hydrogen) atoms. The van der Waals surface area contributed by atoms with Gasteiger partial charge in [0.1, 0.15) is 23.9 Å². The average molecular weight is 358 g/mol. The lowest BCUT2D eigenvalue weighted by Gasteiger charge is -2.19. The van der Waals surface area contributed by atoms with Crippen molar-refractivity contribution in [2.24, 2.45) is 23.5 Å². The molecule has 0 unspecified atom stereocenters. The van der Waals surface area contributed by atoms with Crippen LogP contribution in [0.1, 0.15) is 50.6 Å².